The third-order valence-corrected chi connectivity index (χ3v) is 3.00. The maximum absolute atomic E-state index is 5.86. The number of halogens is 1. The summed E-state index contributed by atoms with van der Waals surface area (Å²) in [6.07, 6.45) is 0. The van der Waals surface area contributed by atoms with Gasteiger partial charge in [0.15, 0.2) is 0 Å². The fourth-order valence-electron chi connectivity index (χ4n) is 1.76. The molecule has 0 aromatic heterocycles. The van der Waals surface area contributed by atoms with Gasteiger partial charge in [-0.05, 0) is 42.3 Å². The van der Waals surface area contributed by atoms with Gasteiger partial charge in [-0.2, -0.15) is 0 Å². The minimum absolute atomic E-state index is 0.747. The van der Waals surface area contributed by atoms with E-state index in [1.807, 2.05) is 36.4 Å². The van der Waals surface area contributed by atoms with Crippen molar-refractivity contribution in [2.24, 2.45) is 0 Å². The van der Waals surface area contributed by atoms with E-state index in [1.165, 1.54) is 11.1 Å². The van der Waals surface area contributed by atoms with Crippen LogP contribution in [0.2, 0.25) is 5.02 Å². The lowest BCUT2D eigenvalue weighted by atomic mass is 10.2. The number of methoxy groups -OCH3 is 1. The number of nitrogens with one attached hydrogen (secondary N) is 1. The molecule has 0 aliphatic rings. The van der Waals surface area contributed by atoms with Crippen LogP contribution in [-0.4, -0.2) is 7.11 Å². The summed E-state index contributed by atoms with van der Waals surface area (Å²) in [7, 11) is 1.68. The molecule has 0 saturated heterocycles. The van der Waals surface area contributed by atoms with Crippen LogP contribution in [0.1, 0.15) is 11.1 Å². The Morgan fingerprint density at radius 3 is 2.50 bits per heavy atom. The van der Waals surface area contributed by atoms with E-state index in [2.05, 4.69) is 18.3 Å². The molecule has 0 heterocycles. The predicted molar refractivity (Wildman–Crippen MR) is 76.5 cm³/mol. The standard InChI is InChI=1S/C15H16ClNO/c1-11-3-8-15(18-2)14(9-11)17-10-12-4-6-13(16)7-5-12/h3-9,17H,10H2,1-2H3. The largest absolute Gasteiger partial charge is 0.495 e. The summed E-state index contributed by atoms with van der Waals surface area (Å²) in [6, 6.07) is 13.9. The van der Waals surface area contributed by atoms with E-state index in [-0.39, 0.29) is 0 Å². The zero-order chi connectivity index (χ0) is 13.0. The molecule has 0 saturated carbocycles. The van der Waals surface area contributed by atoms with Crippen molar-refractivity contribution < 1.29 is 4.74 Å². The molecule has 1 N–H and O–H groups in total. The summed E-state index contributed by atoms with van der Waals surface area (Å²) < 4.78 is 5.32. The number of anilines is 1. The Hall–Kier alpha value is -1.67. The van der Waals surface area contributed by atoms with Crippen LogP contribution in [0.5, 0.6) is 5.75 Å². The Balaban J connectivity index is 2.09. The van der Waals surface area contributed by atoms with E-state index in [1.54, 1.807) is 7.11 Å². The third kappa shape index (κ3) is 3.17. The van der Waals surface area contributed by atoms with Gasteiger partial charge in [0.2, 0.25) is 0 Å². The number of benzene rings is 2. The molecule has 0 aliphatic heterocycles. The molecule has 2 nitrogen and oxygen atoms in total. The number of rotatable bonds is 4. The van der Waals surface area contributed by atoms with Crippen LogP contribution in [0.4, 0.5) is 5.69 Å². The average molecular weight is 262 g/mol. The number of ether oxygens (including phenoxy) is 1. The van der Waals surface area contributed by atoms with Gasteiger partial charge in [0.1, 0.15) is 5.75 Å². The maximum Gasteiger partial charge on any atom is 0.141 e. The van der Waals surface area contributed by atoms with E-state index in [9.17, 15) is 0 Å². The van der Waals surface area contributed by atoms with Gasteiger partial charge in [0, 0.05) is 11.6 Å². The molecule has 0 aliphatic carbocycles. The zero-order valence-corrected chi connectivity index (χ0v) is 11.3. The van der Waals surface area contributed by atoms with Gasteiger partial charge in [-0.1, -0.05) is 29.8 Å². The Kier molecular flexibility index (Phi) is 4.11. The fraction of sp³-hybridized carbons (Fsp3) is 0.200. The van der Waals surface area contributed by atoms with Gasteiger partial charge >= 0.3 is 0 Å². The van der Waals surface area contributed by atoms with Crippen LogP contribution in [0.3, 0.4) is 0 Å². The highest BCUT2D eigenvalue weighted by atomic mass is 35.5. The average Bonchev–Trinajstić information content (AvgIpc) is 2.38. The molecule has 3 heteroatoms. The van der Waals surface area contributed by atoms with E-state index < -0.39 is 0 Å². The van der Waals surface area contributed by atoms with Gasteiger partial charge < -0.3 is 10.1 Å². The first kappa shape index (κ1) is 12.8. The summed E-state index contributed by atoms with van der Waals surface area (Å²) in [5, 5.41) is 4.13. The Bertz CT molecular complexity index is 523. The van der Waals surface area contributed by atoms with Gasteiger partial charge in [0.25, 0.3) is 0 Å². The van der Waals surface area contributed by atoms with Gasteiger partial charge in [0.05, 0.1) is 12.8 Å². The topological polar surface area (TPSA) is 21.3 Å². The summed E-state index contributed by atoms with van der Waals surface area (Å²) in [5.74, 6) is 0.856. The Labute approximate surface area is 113 Å². The molecule has 0 spiro atoms. The van der Waals surface area contributed by atoms with Crippen LogP contribution in [0.15, 0.2) is 42.5 Å². The molecule has 0 radical (unpaired) electrons. The molecule has 0 unspecified atom stereocenters. The van der Waals surface area contributed by atoms with Crippen molar-refractivity contribution in [2.75, 3.05) is 12.4 Å². The Morgan fingerprint density at radius 2 is 1.83 bits per heavy atom. The highest BCUT2D eigenvalue weighted by molar-refractivity contribution is 6.30. The summed E-state index contributed by atoms with van der Waals surface area (Å²) in [4.78, 5) is 0. The van der Waals surface area contributed by atoms with E-state index in [4.69, 9.17) is 16.3 Å². The highest BCUT2D eigenvalue weighted by Crippen LogP contribution is 2.25. The second kappa shape index (κ2) is 5.78. The van der Waals surface area contributed by atoms with Crippen LogP contribution in [-0.2, 0) is 6.54 Å². The van der Waals surface area contributed by atoms with Crippen LogP contribution in [0, 0.1) is 6.92 Å². The molecule has 0 atom stereocenters. The smallest absolute Gasteiger partial charge is 0.141 e. The molecular formula is C15H16ClNO. The van der Waals surface area contributed by atoms with Crippen molar-refractivity contribution in [2.45, 2.75) is 13.5 Å². The van der Waals surface area contributed by atoms with Crippen molar-refractivity contribution in [1.29, 1.82) is 0 Å². The summed E-state index contributed by atoms with van der Waals surface area (Å²) in [6.45, 7) is 2.81. The fourth-order valence-corrected chi connectivity index (χ4v) is 1.89. The number of aryl methyl sites for hydroxylation is 1. The maximum atomic E-state index is 5.86. The lowest BCUT2D eigenvalue weighted by Crippen LogP contribution is -2.01. The van der Waals surface area contributed by atoms with Crippen molar-refractivity contribution in [3.8, 4) is 5.75 Å². The van der Waals surface area contributed by atoms with Gasteiger partial charge in [-0.3, -0.25) is 0 Å². The van der Waals surface area contributed by atoms with E-state index in [0.717, 1.165) is 23.0 Å². The van der Waals surface area contributed by atoms with E-state index in [0.29, 0.717) is 0 Å². The van der Waals surface area contributed by atoms with Gasteiger partial charge in [-0.25, -0.2) is 0 Å². The lowest BCUT2D eigenvalue weighted by Gasteiger charge is -2.12. The molecule has 0 amide bonds. The summed E-state index contributed by atoms with van der Waals surface area (Å²) >= 11 is 5.86. The van der Waals surface area contributed by atoms with Crippen molar-refractivity contribution >= 4 is 17.3 Å². The van der Waals surface area contributed by atoms with Crippen molar-refractivity contribution in [1.82, 2.24) is 0 Å². The van der Waals surface area contributed by atoms with Crippen LogP contribution >= 0.6 is 11.6 Å². The van der Waals surface area contributed by atoms with Gasteiger partial charge in [-0.15, -0.1) is 0 Å². The van der Waals surface area contributed by atoms with Crippen molar-refractivity contribution in [3.63, 3.8) is 0 Å². The molecule has 0 bridgehead atoms. The van der Waals surface area contributed by atoms with Crippen molar-refractivity contribution in [3.05, 3.63) is 58.6 Å². The minimum atomic E-state index is 0.747. The monoisotopic (exact) mass is 261 g/mol. The normalized spacial score (nSPS) is 10.2. The molecule has 94 valence electrons. The first-order chi connectivity index (χ1) is 8.69. The van der Waals surface area contributed by atoms with Crippen LogP contribution in [0.25, 0.3) is 0 Å². The molecular weight excluding hydrogens is 246 g/mol. The SMILES string of the molecule is COc1ccc(C)cc1NCc1ccc(Cl)cc1. The minimum Gasteiger partial charge on any atom is -0.495 e. The molecule has 2 aromatic rings. The molecule has 0 fully saturated rings. The Morgan fingerprint density at radius 1 is 1.11 bits per heavy atom. The first-order valence-electron chi connectivity index (χ1n) is 5.82. The molecule has 2 rings (SSSR count). The van der Waals surface area contributed by atoms with Crippen LogP contribution < -0.4 is 10.1 Å². The quantitative estimate of drug-likeness (QED) is 0.888. The number of hydrogen-bond acceptors (Lipinski definition) is 2. The second-order valence-electron chi connectivity index (χ2n) is 4.18. The first-order valence-corrected chi connectivity index (χ1v) is 6.20. The summed E-state index contributed by atoms with van der Waals surface area (Å²) in [5.41, 5.74) is 3.39. The molecule has 2 aromatic carbocycles. The lowest BCUT2D eigenvalue weighted by molar-refractivity contribution is 0.416. The third-order valence-electron chi connectivity index (χ3n) is 2.75. The highest BCUT2D eigenvalue weighted by Gasteiger charge is 2.02. The van der Waals surface area contributed by atoms with E-state index >= 15 is 0 Å². The second-order valence-corrected chi connectivity index (χ2v) is 4.62. The zero-order valence-electron chi connectivity index (χ0n) is 10.5. The predicted octanol–water partition coefficient (Wildman–Crippen LogP) is 4.27. The number of hydrogen-bond donors (Lipinski definition) is 1. The molecule has 18 heavy (non-hydrogen) atoms.